The molecule has 2 fully saturated rings. The SMILES string of the molecule is Cc1cccc(-n2nc(C)nc2C2CCCN(C3CCOCC3)C2)n1. The Balaban J connectivity index is 1.59. The van der Waals surface area contributed by atoms with Crippen LogP contribution in [0.2, 0.25) is 0 Å². The average molecular weight is 341 g/mol. The number of piperidine rings is 1. The first-order chi connectivity index (χ1) is 12.2. The van der Waals surface area contributed by atoms with Crippen LogP contribution in [0.3, 0.4) is 0 Å². The van der Waals surface area contributed by atoms with Crippen LogP contribution in [0.25, 0.3) is 5.82 Å². The van der Waals surface area contributed by atoms with Gasteiger partial charge in [0, 0.05) is 37.4 Å². The molecule has 6 heteroatoms. The summed E-state index contributed by atoms with van der Waals surface area (Å²) < 4.78 is 7.49. The molecule has 4 rings (SSSR count). The average Bonchev–Trinajstić information content (AvgIpc) is 3.04. The molecule has 2 aromatic rings. The molecule has 1 unspecified atom stereocenters. The van der Waals surface area contributed by atoms with Gasteiger partial charge in [-0.05, 0) is 58.2 Å². The third-order valence-electron chi connectivity index (χ3n) is 5.35. The Bertz CT molecular complexity index is 722. The van der Waals surface area contributed by atoms with Gasteiger partial charge in [-0.1, -0.05) is 6.07 Å². The van der Waals surface area contributed by atoms with Crippen molar-refractivity contribution in [2.24, 2.45) is 0 Å². The topological polar surface area (TPSA) is 56.1 Å². The Morgan fingerprint density at radius 2 is 1.92 bits per heavy atom. The van der Waals surface area contributed by atoms with E-state index in [2.05, 4.69) is 15.0 Å². The normalized spacial score (nSPS) is 23.0. The van der Waals surface area contributed by atoms with E-state index < -0.39 is 0 Å². The van der Waals surface area contributed by atoms with Crippen molar-refractivity contribution >= 4 is 0 Å². The standard InChI is InChI=1S/C19H27N5O/c1-14-5-3-7-18(20-14)24-19(21-15(2)22-24)16-6-4-10-23(13-16)17-8-11-25-12-9-17/h3,5,7,16-17H,4,6,8-13H2,1-2H3. The number of pyridine rings is 1. The summed E-state index contributed by atoms with van der Waals surface area (Å²) in [4.78, 5) is 12.1. The highest BCUT2D eigenvalue weighted by molar-refractivity contribution is 5.26. The molecule has 134 valence electrons. The Kier molecular flexibility index (Phi) is 4.81. The smallest absolute Gasteiger partial charge is 0.155 e. The highest BCUT2D eigenvalue weighted by Crippen LogP contribution is 2.30. The van der Waals surface area contributed by atoms with Crippen LogP contribution in [0.4, 0.5) is 0 Å². The van der Waals surface area contributed by atoms with Gasteiger partial charge in [-0.3, -0.25) is 4.90 Å². The summed E-state index contributed by atoms with van der Waals surface area (Å²) in [5, 5.41) is 4.64. The van der Waals surface area contributed by atoms with Crippen LogP contribution < -0.4 is 0 Å². The minimum Gasteiger partial charge on any atom is -0.381 e. The summed E-state index contributed by atoms with van der Waals surface area (Å²) in [5.41, 5.74) is 1.00. The van der Waals surface area contributed by atoms with Crippen molar-refractivity contribution in [2.45, 2.75) is 51.5 Å². The third kappa shape index (κ3) is 3.60. The minimum atomic E-state index is 0.417. The molecule has 2 aliphatic heterocycles. The number of ether oxygens (including phenoxy) is 1. The number of aryl methyl sites for hydroxylation is 2. The van der Waals surface area contributed by atoms with Crippen molar-refractivity contribution in [3.63, 3.8) is 0 Å². The van der Waals surface area contributed by atoms with Crippen molar-refractivity contribution in [2.75, 3.05) is 26.3 Å². The number of hydrogen-bond donors (Lipinski definition) is 0. The van der Waals surface area contributed by atoms with E-state index in [9.17, 15) is 0 Å². The first-order valence-electron chi connectivity index (χ1n) is 9.40. The summed E-state index contributed by atoms with van der Waals surface area (Å²) in [6.07, 6.45) is 4.69. The zero-order valence-electron chi connectivity index (χ0n) is 15.2. The van der Waals surface area contributed by atoms with E-state index in [0.29, 0.717) is 12.0 Å². The summed E-state index contributed by atoms with van der Waals surface area (Å²) in [5.74, 6) is 3.17. The fourth-order valence-corrected chi connectivity index (χ4v) is 4.11. The summed E-state index contributed by atoms with van der Waals surface area (Å²) in [7, 11) is 0. The third-order valence-corrected chi connectivity index (χ3v) is 5.35. The summed E-state index contributed by atoms with van der Waals surface area (Å²) in [6.45, 7) is 8.03. The Morgan fingerprint density at radius 3 is 2.72 bits per heavy atom. The van der Waals surface area contributed by atoms with Gasteiger partial charge in [0.05, 0.1) is 0 Å². The molecule has 2 saturated heterocycles. The van der Waals surface area contributed by atoms with Crippen LogP contribution in [-0.4, -0.2) is 57.0 Å². The zero-order valence-corrected chi connectivity index (χ0v) is 15.2. The quantitative estimate of drug-likeness (QED) is 0.859. The lowest BCUT2D eigenvalue weighted by Crippen LogP contribution is -2.45. The number of aromatic nitrogens is 4. The molecule has 4 heterocycles. The predicted octanol–water partition coefficient (Wildman–Crippen LogP) is 2.64. The molecule has 1 atom stereocenters. The van der Waals surface area contributed by atoms with E-state index in [4.69, 9.17) is 9.72 Å². The summed E-state index contributed by atoms with van der Waals surface area (Å²) >= 11 is 0. The fraction of sp³-hybridized carbons (Fsp3) is 0.632. The highest BCUT2D eigenvalue weighted by Gasteiger charge is 2.31. The van der Waals surface area contributed by atoms with Crippen LogP contribution in [0.1, 0.15) is 48.9 Å². The van der Waals surface area contributed by atoms with Crippen LogP contribution in [0, 0.1) is 13.8 Å². The zero-order chi connectivity index (χ0) is 17.2. The van der Waals surface area contributed by atoms with Gasteiger partial charge < -0.3 is 4.74 Å². The molecule has 0 aliphatic carbocycles. The van der Waals surface area contributed by atoms with E-state index in [0.717, 1.165) is 55.8 Å². The van der Waals surface area contributed by atoms with Gasteiger partial charge in [-0.2, -0.15) is 4.68 Å². The molecule has 6 nitrogen and oxygen atoms in total. The monoisotopic (exact) mass is 341 g/mol. The van der Waals surface area contributed by atoms with Crippen LogP contribution in [0.15, 0.2) is 18.2 Å². The molecule has 25 heavy (non-hydrogen) atoms. The number of nitrogens with zero attached hydrogens (tertiary/aromatic N) is 5. The van der Waals surface area contributed by atoms with Gasteiger partial charge in [-0.15, -0.1) is 5.10 Å². The second kappa shape index (κ2) is 7.22. The van der Waals surface area contributed by atoms with Gasteiger partial charge in [0.1, 0.15) is 11.6 Å². The van der Waals surface area contributed by atoms with E-state index in [1.165, 1.54) is 19.4 Å². The first-order valence-corrected chi connectivity index (χ1v) is 9.40. The molecular formula is C19H27N5O. The number of likely N-dealkylation sites (tertiary alicyclic amines) is 1. The maximum absolute atomic E-state index is 5.53. The van der Waals surface area contributed by atoms with Gasteiger partial charge >= 0.3 is 0 Å². The van der Waals surface area contributed by atoms with Crippen molar-refractivity contribution in [1.29, 1.82) is 0 Å². The van der Waals surface area contributed by atoms with Crippen LogP contribution >= 0.6 is 0 Å². The lowest BCUT2D eigenvalue weighted by molar-refractivity contribution is 0.0234. The van der Waals surface area contributed by atoms with E-state index in [1.807, 2.05) is 36.7 Å². The molecule has 0 spiro atoms. The van der Waals surface area contributed by atoms with Crippen molar-refractivity contribution in [3.05, 3.63) is 35.5 Å². The van der Waals surface area contributed by atoms with Gasteiger partial charge in [0.2, 0.25) is 0 Å². The fourth-order valence-electron chi connectivity index (χ4n) is 4.11. The molecule has 2 aromatic heterocycles. The molecule has 2 aliphatic rings. The van der Waals surface area contributed by atoms with Gasteiger partial charge in [0.15, 0.2) is 5.82 Å². The van der Waals surface area contributed by atoms with Crippen molar-refractivity contribution in [1.82, 2.24) is 24.6 Å². The largest absolute Gasteiger partial charge is 0.381 e. The van der Waals surface area contributed by atoms with E-state index in [-0.39, 0.29) is 0 Å². The van der Waals surface area contributed by atoms with E-state index >= 15 is 0 Å². The summed E-state index contributed by atoms with van der Waals surface area (Å²) in [6, 6.07) is 6.73. The lowest BCUT2D eigenvalue weighted by atomic mass is 9.94. The molecule has 0 radical (unpaired) electrons. The van der Waals surface area contributed by atoms with Crippen LogP contribution in [-0.2, 0) is 4.74 Å². The van der Waals surface area contributed by atoms with Crippen molar-refractivity contribution in [3.8, 4) is 5.82 Å². The first kappa shape index (κ1) is 16.7. The Hall–Kier alpha value is -1.79. The van der Waals surface area contributed by atoms with Gasteiger partial charge in [0.25, 0.3) is 0 Å². The second-order valence-electron chi connectivity index (χ2n) is 7.24. The van der Waals surface area contributed by atoms with Crippen LogP contribution in [0.5, 0.6) is 0 Å². The Morgan fingerprint density at radius 1 is 1.08 bits per heavy atom. The molecule has 0 amide bonds. The molecular weight excluding hydrogens is 314 g/mol. The minimum absolute atomic E-state index is 0.417. The van der Waals surface area contributed by atoms with E-state index in [1.54, 1.807) is 0 Å². The molecule has 0 N–H and O–H groups in total. The van der Waals surface area contributed by atoms with Crippen molar-refractivity contribution < 1.29 is 4.74 Å². The molecule has 0 bridgehead atoms. The number of hydrogen-bond acceptors (Lipinski definition) is 5. The second-order valence-corrected chi connectivity index (χ2v) is 7.24. The lowest BCUT2D eigenvalue weighted by Gasteiger charge is -2.39. The molecule has 0 aromatic carbocycles. The Labute approximate surface area is 149 Å². The molecule has 0 saturated carbocycles. The highest BCUT2D eigenvalue weighted by atomic mass is 16.5. The maximum Gasteiger partial charge on any atom is 0.155 e. The maximum atomic E-state index is 5.53. The van der Waals surface area contributed by atoms with Gasteiger partial charge in [-0.25, -0.2) is 9.97 Å². The number of rotatable bonds is 3. The predicted molar refractivity (Wildman–Crippen MR) is 96.0 cm³/mol.